The van der Waals surface area contributed by atoms with Gasteiger partial charge in [-0.2, -0.15) is 4.72 Å². The fourth-order valence-electron chi connectivity index (χ4n) is 2.71. The molecule has 0 heterocycles. The van der Waals surface area contributed by atoms with Crippen LogP contribution in [0, 0.1) is 0 Å². The van der Waals surface area contributed by atoms with Gasteiger partial charge in [0.1, 0.15) is 18.3 Å². The smallest absolute Gasteiger partial charge is 0.326 e. The number of carbonyl (C=O) groups is 3. The van der Waals surface area contributed by atoms with Gasteiger partial charge in [0.05, 0.1) is 18.6 Å². The summed E-state index contributed by atoms with van der Waals surface area (Å²) in [5.41, 5.74) is 0.417. The monoisotopic (exact) mass is 478 g/mol. The molecule has 0 aliphatic heterocycles. The summed E-state index contributed by atoms with van der Waals surface area (Å²) in [6, 6.07) is 12.7. The molecule has 0 bridgehead atoms. The highest BCUT2D eigenvalue weighted by atomic mass is 32.2. The molecule has 2 aromatic carbocycles. The lowest BCUT2D eigenvalue weighted by molar-refractivity contribution is -0.149. The first kappa shape index (κ1) is 25.8. The highest BCUT2D eigenvalue weighted by Crippen LogP contribution is 2.16. The van der Waals surface area contributed by atoms with Crippen molar-refractivity contribution in [3.63, 3.8) is 0 Å². The summed E-state index contributed by atoms with van der Waals surface area (Å²) in [4.78, 5) is 37.9. The molecule has 0 radical (unpaired) electrons. The van der Waals surface area contributed by atoms with E-state index in [0.717, 1.165) is 4.90 Å². The van der Waals surface area contributed by atoms with E-state index in [2.05, 4.69) is 4.72 Å². The molecule has 11 heteroatoms. The average molecular weight is 479 g/mol. The number of sulfonamides is 1. The fraction of sp³-hybridized carbons (Fsp3) is 0.318. The number of amides is 1. The maximum atomic E-state index is 12.7. The molecule has 1 atom stereocenters. The number of carbonyl (C=O) groups excluding carboxylic acids is 3. The van der Waals surface area contributed by atoms with Crippen molar-refractivity contribution in [2.45, 2.75) is 24.8 Å². The standard InChI is InChI=1S/C22H26N2O8S/c1-4-31-21(26)14-24(17-8-6-5-7-9-17)20(25)15-32-22(27)16(2)23-33(28,29)19-12-10-18(30-3)11-13-19/h5-13,16,23H,4,14-15H2,1-3H3/t16-/m0/s1. The Kier molecular flexibility index (Phi) is 9.37. The molecule has 0 aliphatic rings. The van der Waals surface area contributed by atoms with Gasteiger partial charge in [0.15, 0.2) is 6.61 Å². The molecule has 33 heavy (non-hydrogen) atoms. The first-order chi connectivity index (χ1) is 15.7. The number of nitrogens with zero attached hydrogens (tertiary/aromatic N) is 1. The molecule has 0 saturated heterocycles. The minimum atomic E-state index is -4.01. The zero-order valence-electron chi connectivity index (χ0n) is 18.5. The van der Waals surface area contributed by atoms with Gasteiger partial charge in [-0.15, -0.1) is 0 Å². The van der Waals surface area contributed by atoms with Crippen molar-refractivity contribution in [3.8, 4) is 5.75 Å². The van der Waals surface area contributed by atoms with Gasteiger partial charge in [-0.25, -0.2) is 8.42 Å². The summed E-state index contributed by atoms with van der Waals surface area (Å²) >= 11 is 0. The van der Waals surface area contributed by atoms with Crippen molar-refractivity contribution < 1.29 is 37.0 Å². The SMILES string of the molecule is CCOC(=O)CN(C(=O)COC(=O)[C@H](C)NS(=O)(=O)c1ccc(OC)cc1)c1ccccc1. The van der Waals surface area contributed by atoms with Gasteiger partial charge < -0.3 is 14.2 Å². The Morgan fingerprint density at radius 3 is 2.21 bits per heavy atom. The Bertz CT molecular complexity index is 1060. The van der Waals surface area contributed by atoms with Crippen molar-refractivity contribution >= 4 is 33.6 Å². The van der Waals surface area contributed by atoms with Crippen LogP contribution >= 0.6 is 0 Å². The van der Waals surface area contributed by atoms with E-state index in [4.69, 9.17) is 14.2 Å². The molecule has 10 nitrogen and oxygen atoms in total. The first-order valence-electron chi connectivity index (χ1n) is 10.0. The van der Waals surface area contributed by atoms with E-state index in [0.29, 0.717) is 11.4 Å². The summed E-state index contributed by atoms with van der Waals surface area (Å²) < 4.78 is 42.0. The third-order valence-electron chi connectivity index (χ3n) is 4.35. The average Bonchev–Trinajstić information content (AvgIpc) is 2.81. The van der Waals surface area contributed by atoms with E-state index >= 15 is 0 Å². The quantitative estimate of drug-likeness (QED) is 0.481. The first-order valence-corrected chi connectivity index (χ1v) is 11.5. The summed E-state index contributed by atoms with van der Waals surface area (Å²) in [7, 11) is -2.56. The number of para-hydroxylation sites is 1. The molecule has 0 aliphatic carbocycles. The summed E-state index contributed by atoms with van der Waals surface area (Å²) in [5.74, 6) is -1.77. The molecule has 0 unspecified atom stereocenters. The molecule has 2 rings (SSSR count). The zero-order chi connectivity index (χ0) is 24.4. The van der Waals surface area contributed by atoms with Crippen LogP contribution in [0.5, 0.6) is 5.75 Å². The van der Waals surface area contributed by atoms with Gasteiger partial charge in [-0.3, -0.25) is 19.3 Å². The summed E-state index contributed by atoms with van der Waals surface area (Å²) in [6.07, 6.45) is 0. The molecule has 0 spiro atoms. The van der Waals surface area contributed by atoms with Crippen molar-refractivity contribution in [2.75, 3.05) is 31.8 Å². The van der Waals surface area contributed by atoms with Crippen molar-refractivity contribution in [3.05, 3.63) is 54.6 Å². The topological polar surface area (TPSA) is 128 Å². The predicted molar refractivity (Wildman–Crippen MR) is 119 cm³/mol. The van der Waals surface area contributed by atoms with E-state index in [-0.39, 0.29) is 18.0 Å². The molecule has 0 fully saturated rings. The second-order valence-electron chi connectivity index (χ2n) is 6.75. The van der Waals surface area contributed by atoms with Crippen LogP contribution in [-0.2, 0) is 33.9 Å². The second kappa shape index (κ2) is 12.0. The Hall–Kier alpha value is -3.44. The van der Waals surface area contributed by atoms with Crippen molar-refractivity contribution in [1.29, 1.82) is 0 Å². The van der Waals surface area contributed by atoms with Crippen LogP contribution in [0.1, 0.15) is 13.8 Å². The Labute approximate surface area is 192 Å². The number of rotatable bonds is 11. The Balaban J connectivity index is 2.01. The van der Waals surface area contributed by atoms with Gasteiger partial charge in [0.25, 0.3) is 5.91 Å². The number of esters is 2. The highest BCUT2D eigenvalue weighted by Gasteiger charge is 2.26. The zero-order valence-corrected chi connectivity index (χ0v) is 19.3. The molecule has 178 valence electrons. The normalized spacial score (nSPS) is 11.8. The predicted octanol–water partition coefficient (Wildman–Crippen LogP) is 1.50. The molecular formula is C22H26N2O8S. The Morgan fingerprint density at radius 1 is 1.00 bits per heavy atom. The van der Waals surface area contributed by atoms with E-state index in [9.17, 15) is 22.8 Å². The number of hydrogen-bond donors (Lipinski definition) is 1. The molecule has 2 aromatic rings. The molecule has 0 aromatic heterocycles. The van der Waals surface area contributed by atoms with Crippen LogP contribution in [-0.4, -0.2) is 59.2 Å². The lowest BCUT2D eigenvalue weighted by atomic mass is 10.3. The van der Waals surface area contributed by atoms with Crippen LogP contribution in [0.4, 0.5) is 5.69 Å². The van der Waals surface area contributed by atoms with Gasteiger partial charge in [-0.05, 0) is 50.2 Å². The lowest BCUT2D eigenvalue weighted by Gasteiger charge is -2.22. The van der Waals surface area contributed by atoms with Gasteiger partial charge in [0.2, 0.25) is 10.0 Å². The third-order valence-corrected chi connectivity index (χ3v) is 5.91. The molecule has 1 amide bonds. The van der Waals surface area contributed by atoms with Gasteiger partial charge >= 0.3 is 11.9 Å². The van der Waals surface area contributed by atoms with Gasteiger partial charge in [0, 0.05) is 5.69 Å². The van der Waals surface area contributed by atoms with Crippen LogP contribution in [0.25, 0.3) is 0 Å². The summed E-state index contributed by atoms with van der Waals surface area (Å²) in [6.45, 7) is 2.02. The number of hydrogen-bond acceptors (Lipinski definition) is 8. The highest BCUT2D eigenvalue weighted by molar-refractivity contribution is 7.89. The maximum Gasteiger partial charge on any atom is 0.326 e. The minimum Gasteiger partial charge on any atom is -0.497 e. The largest absolute Gasteiger partial charge is 0.497 e. The second-order valence-corrected chi connectivity index (χ2v) is 8.46. The van der Waals surface area contributed by atoms with E-state index in [1.165, 1.54) is 38.3 Å². The molecular weight excluding hydrogens is 452 g/mol. The number of nitrogens with one attached hydrogen (secondary N) is 1. The number of methoxy groups -OCH3 is 1. The molecule has 0 saturated carbocycles. The van der Waals surface area contributed by atoms with E-state index in [1.54, 1.807) is 37.3 Å². The maximum absolute atomic E-state index is 12.7. The van der Waals surface area contributed by atoms with Crippen molar-refractivity contribution in [1.82, 2.24) is 4.72 Å². The van der Waals surface area contributed by atoms with E-state index < -0.39 is 40.5 Å². The van der Waals surface area contributed by atoms with Gasteiger partial charge in [-0.1, -0.05) is 18.2 Å². The number of anilines is 1. The number of ether oxygens (including phenoxy) is 3. The fourth-order valence-corrected chi connectivity index (χ4v) is 3.90. The summed E-state index contributed by atoms with van der Waals surface area (Å²) in [5, 5.41) is 0. The number of benzene rings is 2. The van der Waals surface area contributed by atoms with Crippen LogP contribution in [0.15, 0.2) is 59.5 Å². The Morgan fingerprint density at radius 2 is 1.64 bits per heavy atom. The van der Waals surface area contributed by atoms with E-state index in [1.807, 2.05) is 0 Å². The van der Waals surface area contributed by atoms with Crippen LogP contribution in [0.3, 0.4) is 0 Å². The third kappa shape index (κ3) is 7.58. The minimum absolute atomic E-state index is 0.0660. The lowest BCUT2D eigenvalue weighted by Crippen LogP contribution is -2.42. The van der Waals surface area contributed by atoms with Crippen LogP contribution < -0.4 is 14.4 Å². The molecule has 1 N–H and O–H groups in total. The van der Waals surface area contributed by atoms with Crippen LogP contribution in [0.2, 0.25) is 0 Å². The van der Waals surface area contributed by atoms with Crippen molar-refractivity contribution in [2.24, 2.45) is 0 Å².